The summed E-state index contributed by atoms with van der Waals surface area (Å²) in [5.41, 5.74) is 9.65. The SMILES string of the molecule is Cc1cnccc1CNc1cnccc1C(N)=S. The molecule has 2 rings (SSSR count). The molecule has 0 saturated heterocycles. The van der Waals surface area contributed by atoms with E-state index in [1.54, 1.807) is 18.6 Å². The number of hydrogen-bond donors (Lipinski definition) is 2. The smallest absolute Gasteiger partial charge is 0.106 e. The number of nitrogens with one attached hydrogen (secondary N) is 1. The van der Waals surface area contributed by atoms with Crippen molar-refractivity contribution < 1.29 is 0 Å². The van der Waals surface area contributed by atoms with Crippen LogP contribution in [0, 0.1) is 6.92 Å². The Bertz CT molecular complexity index is 568. The highest BCUT2D eigenvalue weighted by Gasteiger charge is 2.05. The second-order valence-corrected chi connectivity index (χ2v) is 4.38. The number of anilines is 1. The molecule has 18 heavy (non-hydrogen) atoms. The van der Waals surface area contributed by atoms with E-state index >= 15 is 0 Å². The van der Waals surface area contributed by atoms with Gasteiger partial charge in [-0.1, -0.05) is 12.2 Å². The monoisotopic (exact) mass is 258 g/mol. The Morgan fingerprint density at radius 3 is 2.72 bits per heavy atom. The van der Waals surface area contributed by atoms with E-state index in [-0.39, 0.29) is 0 Å². The van der Waals surface area contributed by atoms with Crippen LogP contribution in [0.1, 0.15) is 16.7 Å². The van der Waals surface area contributed by atoms with Gasteiger partial charge in [0.25, 0.3) is 0 Å². The average Bonchev–Trinajstić information content (AvgIpc) is 2.38. The van der Waals surface area contributed by atoms with Crippen LogP contribution in [-0.2, 0) is 6.54 Å². The number of nitrogens with two attached hydrogens (primary N) is 1. The van der Waals surface area contributed by atoms with Gasteiger partial charge in [0.1, 0.15) is 4.99 Å². The van der Waals surface area contributed by atoms with Crippen molar-refractivity contribution in [3.05, 3.63) is 53.6 Å². The van der Waals surface area contributed by atoms with Gasteiger partial charge in [-0.05, 0) is 30.2 Å². The van der Waals surface area contributed by atoms with Crippen LogP contribution < -0.4 is 11.1 Å². The van der Waals surface area contributed by atoms with Crippen molar-refractivity contribution in [1.29, 1.82) is 0 Å². The number of thiocarbonyl (C=S) groups is 1. The fraction of sp³-hybridized carbons (Fsp3) is 0.154. The predicted molar refractivity (Wildman–Crippen MR) is 76.4 cm³/mol. The molecule has 0 fully saturated rings. The van der Waals surface area contributed by atoms with Gasteiger partial charge >= 0.3 is 0 Å². The normalized spacial score (nSPS) is 10.1. The summed E-state index contributed by atoms with van der Waals surface area (Å²) in [5, 5.41) is 3.29. The van der Waals surface area contributed by atoms with Crippen LogP contribution in [0.4, 0.5) is 5.69 Å². The molecule has 0 atom stereocenters. The summed E-state index contributed by atoms with van der Waals surface area (Å²) >= 11 is 5.01. The third-order valence-corrected chi connectivity index (χ3v) is 2.91. The van der Waals surface area contributed by atoms with Crippen LogP contribution >= 0.6 is 12.2 Å². The van der Waals surface area contributed by atoms with E-state index in [9.17, 15) is 0 Å². The number of aromatic nitrogens is 2. The van der Waals surface area contributed by atoms with Crippen molar-refractivity contribution in [2.45, 2.75) is 13.5 Å². The Kier molecular flexibility index (Phi) is 3.84. The fourth-order valence-corrected chi connectivity index (χ4v) is 1.82. The van der Waals surface area contributed by atoms with Crippen LogP contribution in [0.25, 0.3) is 0 Å². The number of nitrogens with zero attached hydrogens (tertiary/aromatic N) is 2. The number of hydrogen-bond acceptors (Lipinski definition) is 4. The minimum Gasteiger partial charge on any atom is -0.389 e. The van der Waals surface area contributed by atoms with E-state index in [2.05, 4.69) is 15.3 Å². The summed E-state index contributed by atoms with van der Waals surface area (Å²) in [6, 6.07) is 3.79. The molecule has 0 radical (unpaired) electrons. The number of aryl methyl sites for hydroxylation is 1. The molecule has 2 aromatic rings. The highest BCUT2D eigenvalue weighted by molar-refractivity contribution is 7.80. The fourth-order valence-electron chi connectivity index (χ4n) is 1.64. The van der Waals surface area contributed by atoms with Crippen LogP contribution in [0.3, 0.4) is 0 Å². The lowest BCUT2D eigenvalue weighted by molar-refractivity contribution is 1.08. The molecule has 0 aromatic carbocycles. The van der Waals surface area contributed by atoms with E-state index in [1.807, 2.05) is 25.3 Å². The second-order valence-electron chi connectivity index (χ2n) is 3.94. The largest absolute Gasteiger partial charge is 0.389 e. The molecule has 0 aliphatic heterocycles. The first-order valence-electron chi connectivity index (χ1n) is 5.55. The minimum absolute atomic E-state index is 0.367. The third kappa shape index (κ3) is 2.81. The van der Waals surface area contributed by atoms with E-state index in [0.717, 1.165) is 16.8 Å². The molecular formula is C13H14N4S. The molecule has 3 N–H and O–H groups in total. The molecule has 5 heteroatoms. The first-order valence-corrected chi connectivity index (χ1v) is 5.96. The molecule has 92 valence electrons. The highest BCUT2D eigenvalue weighted by atomic mass is 32.1. The van der Waals surface area contributed by atoms with Gasteiger partial charge in [0, 0.05) is 30.7 Å². The Hall–Kier alpha value is -2.01. The zero-order valence-electron chi connectivity index (χ0n) is 10.1. The Labute approximate surface area is 111 Å². The first kappa shape index (κ1) is 12.4. The van der Waals surface area contributed by atoms with Crippen molar-refractivity contribution in [3.63, 3.8) is 0 Å². The van der Waals surface area contributed by atoms with E-state index < -0.39 is 0 Å². The van der Waals surface area contributed by atoms with Gasteiger partial charge in [-0.3, -0.25) is 9.97 Å². The van der Waals surface area contributed by atoms with Gasteiger partial charge < -0.3 is 11.1 Å². The van der Waals surface area contributed by atoms with Gasteiger partial charge in [0.2, 0.25) is 0 Å². The molecule has 0 aliphatic rings. The lowest BCUT2D eigenvalue weighted by Crippen LogP contribution is -2.13. The maximum absolute atomic E-state index is 5.67. The average molecular weight is 258 g/mol. The number of pyridine rings is 2. The molecule has 0 aliphatic carbocycles. The third-order valence-electron chi connectivity index (χ3n) is 2.69. The van der Waals surface area contributed by atoms with Gasteiger partial charge in [0.05, 0.1) is 11.9 Å². The Balaban J connectivity index is 2.16. The Morgan fingerprint density at radius 2 is 2.00 bits per heavy atom. The molecule has 0 unspecified atom stereocenters. The molecule has 0 saturated carbocycles. The molecule has 2 aromatic heterocycles. The summed E-state index contributed by atoms with van der Waals surface area (Å²) in [6.45, 7) is 2.72. The zero-order chi connectivity index (χ0) is 13.0. The van der Waals surface area contributed by atoms with Crippen molar-refractivity contribution in [2.75, 3.05) is 5.32 Å². The van der Waals surface area contributed by atoms with Crippen molar-refractivity contribution >= 4 is 22.9 Å². The van der Waals surface area contributed by atoms with Crippen LogP contribution in [0.5, 0.6) is 0 Å². The maximum Gasteiger partial charge on any atom is 0.106 e. The first-order chi connectivity index (χ1) is 8.68. The summed E-state index contributed by atoms with van der Waals surface area (Å²) in [7, 11) is 0. The molecule has 0 amide bonds. The van der Waals surface area contributed by atoms with Crippen LogP contribution in [0.15, 0.2) is 36.9 Å². The summed E-state index contributed by atoms with van der Waals surface area (Å²) in [5.74, 6) is 0. The van der Waals surface area contributed by atoms with Crippen LogP contribution in [-0.4, -0.2) is 15.0 Å². The van der Waals surface area contributed by atoms with Crippen molar-refractivity contribution in [1.82, 2.24) is 9.97 Å². The highest BCUT2D eigenvalue weighted by Crippen LogP contribution is 2.15. The molecule has 0 spiro atoms. The standard InChI is InChI=1S/C13H14N4S/c1-9-6-15-4-2-10(9)7-17-12-8-16-5-3-11(12)13(14)18/h2-6,8,17H,7H2,1H3,(H2,14,18). The molecule has 4 nitrogen and oxygen atoms in total. The zero-order valence-corrected chi connectivity index (χ0v) is 10.9. The Morgan fingerprint density at radius 1 is 1.28 bits per heavy atom. The van der Waals surface area contributed by atoms with E-state index in [0.29, 0.717) is 11.5 Å². The minimum atomic E-state index is 0.367. The van der Waals surface area contributed by atoms with Crippen molar-refractivity contribution in [2.24, 2.45) is 5.73 Å². The lowest BCUT2D eigenvalue weighted by Gasteiger charge is -2.11. The molecular weight excluding hydrogens is 244 g/mol. The number of rotatable bonds is 4. The topological polar surface area (TPSA) is 63.8 Å². The maximum atomic E-state index is 5.67. The summed E-state index contributed by atoms with van der Waals surface area (Å²) in [6.07, 6.45) is 7.03. The van der Waals surface area contributed by atoms with Crippen molar-refractivity contribution in [3.8, 4) is 0 Å². The summed E-state index contributed by atoms with van der Waals surface area (Å²) in [4.78, 5) is 8.50. The predicted octanol–water partition coefficient (Wildman–Crippen LogP) is 2.03. The van der Waals surface area contributed by atoms with Gasteiger partial charge in [-0.25, -0.2) is 0 Å². The summed E-state index contributed by atoms with van der Waals surface area (Å²) < 4.78 is 0. The van der Waals surface area contributed by atoms with Gasteiger partial charge in [-0.2, -0.15) is 0 Å². The van der Waals surface area contributed by atoms with E-state index in [4.69, 9.17) is 18.0 Å². The quantitative estimate of drug-likeness (QED) is 0.822. The van der Waals surface area contributed by atoms with Gasteiger partial charge in [0.15, 0.2) is 0 Å². The molecule has 0 bridgehead atoms. The van der Waals surface area contributed by atoms with Gasteiger partial charge in [-0.15, -0.1) is 0 Å². The lowest BCUT2D eigenvalue weighted by atomic mass is 10.1. The second kappa shape index (κ2) is 5.55. The van der Waals surface area contributed by atoms with E-state index in [1.165, 1.54) is 5.56 Å². The van der Waals surface area contributed by atoms with Crippen LogP contribution in [0.2, 0.25) is 0 Å². The molecule has 2 heterocycles.